The fourth-order valence-corrected chi connectivity index (χ4v) is 2.60. The first-order valence-corrected chi connectivity index (χ1v) is 6.90. The van der Waals surface area contributed by atoms with Gasteiger partial charge >= 0.3 is 0 Å². The molecule has 5 nitrogen and oxygen atoms in total. The summed E-state index contributed by atoms with van der Waals surface area (Å²) in [5.41, 5.74) is 8.15. The Balaban J connectivity index is 1.60. The fourth-order valence-electron chi connectivity index (χ4n) is 2.60. The van der Waals surface area contributed by atoms with Crippen LogP contribution in [0.3, 0.4) is 0 Å². The number of carbonyl (C=O) groups is 1. The molecule has 104 valence electrons. The van der Waals surface area contributed by atoms with E-state index in [-0.39, 0.29) is 17.9 Å². The molecule has 1 aromatic heterocycles. The first-order valence-electron chi connectivity index (χ1n) is 6.90. The van der Waals surface area contributed by atoms with Gasteiger partial charge in [-0.25, -0.2) is 5.43 Å². The standard InChI is InChI=1S/C15H18N4O/c20-15(17-10-11-6-4-5-9-16-11)14-12-7-2-1-3-8-13(12)18-19-14/h1,3-6,8-9,12,14,18-19H,2,7,10H2,(H,17,20). The lowest BCUT2D eigenvalue weighted by atomic mass is 9.93. The summed E-state index contributed by atoms with van der Waals surface area (Å²) in [4.78, 5) is 16.5. The average molecular weight is 270 g/mol. The number of carbonyl (C=O) groups excluding carboxylic acids is 1. The molecule has 2 atom stereocenters. The molecule has 3 N–H and O–H groups in total. The molecule has 0 bridgehead atoms. The van der Waals surface area contributed by atoms with Crippen LogP contribution in [0.25, 0.3) is 0 Å². The predicted octanol–water partition coefficient (Wildman–Crippen LogP) is 1.02. The van der Waals surface area contributed by atoms with Crippen molar-refractivity contribution in [2.24, 2.45) is 5.92 Å². The van der Waals surface area contributed by atoms with Crippen LogP contribution in [0.2, 0.25) is 0 Å². The largest absolute Gasteiger partial charge is 0.349 e. The Labute approximate surface area is 118 Å². The summed E-state index contributed by atoms with van der Waals surface area (Å²) < 4.78 is 0. The van der Waals surface area contributed by atoms with Gasteiger partial charge in [-0.15, -0.1) is 0 Å². The van der Waals surface area contributed by atoms with E-state index < -0.39 is 0 Å². The topological polar surface area (TPSA) is 66.0 Å². The molecule has 5 heteroatoms. The van der Waals surface area contributed by atoms with Gasteiger partial charge in [-0.2, -0.15) is 0 Å². The van der Waals surface area contributed by atoms with Crippen LogP contribution in [0, 0.1) is 5.92 Å². The second-order valence-corrected chi connectivity index (χ2v) is 5.02. The van der Waals surface area contributed by atoms with Gasteiger partial charge in [0.1, 0.15) is 6.04 Å². The fraction of sp³-hybridized carbons (Fsp3) is 0.333. The summed E-state index contributed by atoms with van der Waals surface area (Å²) in [5.74, 6) is 0.229. The van der Waals surface area contributed by atoms with Crippen LogP contribution in [0.1, 0.15) is 18.5 Å². The quantitative estimate of drug-likeness (QED) is 0.767. The van der Waals surface area contributed by atoms with Gasteiger partial charge in [0.25, 0.3) is 0 Å². The van der Waals surface area contributed by atoms with Crippen molar-refractivity contribution in [1.82, 2.24) is 21.2 Å². The van der Waals surface area contributed by atoms with E-state index >= 15 is 0 Å². The van der Waals surface area contributed by atoms with Crippen molar-refractivity contribution in [3.8, 4) is 0 Å². The van der Waals surface area contributed by atoms with Gasteiger partial charge < -0.3 is 10.7 Å². The summed E-state index contributed by atoms with van der Waals surface area (Å²) in [6.07, 6.45) is 9.92. The van der Waals surface area contributed by atoms with E-state index in [1.165, 1.54) is 0 Å². The van der Waals surface area contributed by atoms with E-state index in [1.54, 1.807) is 6.20 Å². The number of rotatable bonds is 3. The normalized spacial score (nSPS) is 24.3. The monoisotopic (exact) mass is 270 g/mol. The van der Waals surface area contributed by atoms with Crippen LogP contribution in [-0.4, -0.2) is 16.9 Å². The molecule has 2 heterocycles. The molecule has 1 fully saturated rings. The zero-order chi connectivity index (χ0) is 13.8. The molecular formula is C15H18N4O. The van der Waals surface area contributed by atoms with Gasteiger partial charge in [0.15, 0.2) is 0 Å². The highest BCUT2D eigenvalue weighted by Crippen LogP contribution is 2.26. The Morgan fingerprint density at radius 1 is 1.45 bits per heavy atom. The van der Waals surface area contributed by atoms with E-state index in [9.17, 15) is 4.79 Å². The summed E-state index contributed by atoms with van der Waals surface area (Å²) in [6, 6.07) is 5.47. The molecular weight excluding hydrogens is 252 g/mol. The Bertz CT molecular complexity index is 538. The first-order chi connectivity index (χ1) is 9.84. The van der Waals surface area contributed by atoms with Crippen molar-refractivity contribution >= 4 is 5.91 Å². The number of hydrazine groups is 1. The van der Waals surface area contributed by atoms with Crippen molar-refractivity contribution in [2.75, 3.05) is 0 Å². The summed E-state index contributed by atoms with van der Waals surface area (Å²) in [5, 5.41) is 2.94. The van der Waals surface area contributed by atoms with Crippen molar-refractivity contribution < 1.29 is 4.79 Å². The molecule has 0 radical (unpaired) electrons. The van der Waals surface area contributed by atoms with Gasteiger partial charge in [-0.3, -0.25) is 9.78 Å². The number of hydrogen-bond acceptors (Lipinski definition) is 4. The number of aromatic nitrogens is 1. The minimum Gasteiger partial charge on any atom is -0.349 e. The smallest absolute Gasteiger partial charge is 0.239 e. The highest BCUT2D eigenvalue weighted by molar-refractivity contribution is 5.83. The van der Waals surface area contributed by atoms with Crippen LogP contribution < -0.4 is 16.2 Å². The number of allylic oxidation sites excluding steroid dienone is 3. The Morgan fingerprint density at radius 2 is 2.40 bits per heavy atom. The number of pyridine rings is 1. The van der Waals surface area contributed by atoms with Gasteiger partial charge in [-0.05, 0) is 31.1 Å². The van der Waals surface area contributed by atoms with Crippen LogP contribution in [0.4, 0.5) is 0 Å². The maximum absolute atomic E-state index is 12.3. The Kier molecular flexibility index (Phi) is 3.78. The van der Waals surface area contributed by atoms with Crippen molar-refractivity contribution in [1.29, 1.82) is 0 Å². The zero-order valence-corrected chi connectivity index (χ0v) is 11.2. The van der Waals surface area contributed by atoms with Crippen molar-refractivity contribution in [3.63, 3.8) is 0 Å². The molecule has 1 aliphatic heterocycles. The minimum absolute atomic E-state index is 0.0125. The van der Waals surface area contributed by atoms with Crippen molar-refractivity contribution in [3.05, 3.63) is 54.0 Å². The number of nitrogens with zero attached hydrogens (tertiary/aromatic N) is 1. The lowest BCUT2D eigenvalue weighted by Gasteiger charge is -2.16. The van der Waals surface area contributed by atoms with Crippen LogP contribution in [0.5, 0.6) is 0 Å². The van der Waals surface area contributed by atoms with E-state index in [0.717, 1.165) is 24.2 Å². The van der Waals surface area contributed by atoms with E-state index in [1.807, 2.05) is 30.4 Å². The SMILES string of the molecule is O=C(NCc1ccccn1)C1NNC2=CC=CCCC21. The summed E-state index contributed by atoms with van der Waals surface area (Å²) >= 11 is 0. The van der Waals surface area contributed by atoms with E-state index in [0.29, 0.717) is 6.54 Å². The van der Waals surface area contributed by atoms with Crippen LogP contribution in [-0.2, 0) is 11.3 Å². The number of fused-ring (bicyclic) bond motifs is 1. The first kappa shape index (κ1) is 12.9. The minimum atomic E-state index is -0.218. The van der Waals surface area contributed by atoms with Gasteiger partial charge in [0.2, 0.25) is 5.91 Å². The predicted molar refractivity (Wildman–Crippen MR) is 76.1 cm³/mol. The Hall–Kier alpha value is -2.14. The highest BCUT2D eigenvalue weighted by Gasteiger charge is 2.35. The summed E-state index contributed by atoms with van der Waals surface area (Å²) in [7, 11) is 0. The third-order valence-corrected chi connectivity index (χ3v) is 3.68. The maximum Gasteiger partial charge on any atom is 0.239 e. The molecule has 1 aromatic rings. The molecule has 2 unspecified atom stereocenters. The lowest BCUT2D eigenvalue weighted by molar-refractivity contribution is -0.123. The number of amides is 1. The summed E-state index contributed by atoms with van der Waals surface area (Å²) in [6.45, 7) is 0.460. The zero-order valence-electron chi connectivity index (χ0n) is 11.2. The molecule has 0 spiro atoms. The Morgan fingerprint density at radius 3 is 3.25 bits per heavy atom. The van der Waals surface area contributed by atoms with E-state index in [2.05, 4.69) is 27.2 Å². The number of nitrogens with one attached hydrogen (secondary N) is 3. The molecule has 0 saturated carbocycles. The molecule has 1 aliphatic carbocycles. The second-order valence-electron chi connectivity index (χ2n) is 5.02. The van der Waals surface area contributed by atoms with Crippen LogP contribution >= 0.6 is 0 Å². The average Bonchev–Trinajstić information content (AvgIpc) is 2.75. The van der Waals surface area contributed by atoms with Crippen LogP contribution in [0.15, 0.2) is 48.3 Å². The molecule has 2 aliphatic rings. The van der Waals surface area contributed by atoms with E-state index in [4.69, 9.17) is 0 Å². The molecule has 1 amide bonds. The number of hydrogen-bond donors (Lipinski definition) is 3. The third-order valence-electron chi connectivity index (χ3n) is 3.68. The highest BCUT2D eigenvalue weighted by atomic mass is 16.2. The lowest BCUT2D eigenvalue weighted by Crippen LogP contribution is -2.45. The van der Waals surface area contributed by atoms with Gasteiger partial charge in [-0.1, -0.05) is 18.2 Å². The van der Waals surface area contributed by atoms with Crippen molar-refractivity contribution in [2.45, 2.75) is 25.4 Å². The molecule has 3 rings (SSSR count). The van der Waals surface area contributed by atoms with Gasteiger partial charge in [0.05, 0.1) is 12.2 Å². The third kappa shape index (κ3) is 2.72. The molecule has 0 aromatic carbocycles. The molecule has 20 heavy (non-hydrogen) atoms. The molecule has 1 saturated heterocycles. The maximum atomic E-state index is 12.3. The van der Waals surface area contributed by atoms with Gasteiger partial charge in [0, 0.05) is 17.8 Å². The second kappa shape index (κ2) is 5.88.